The summed E-state index contributed by atoms with van der Waals surface area (Å²) < 4.78 is 0. The molecule has 2 amide bonds. The molecule has 22 heavy (non-hydrogen) atoms. The molecule has 0 saturated carbocycles. The second-order valence-electron chi connectivity index (χ2n) is 5.11. The quantitative estimate of drug-likeness (QED) is 0.700. The van der Waals surface area contributed by atoms with Gasteiger partial charge in [-0.25, -0.2) is 4.79 Å². The van der Waals surface area contributed by atoms with Gasteiger partial charge in [-0.05, 0) is 35.8 Å². The fourth-order valence-corrected chi connectivity index (χ4v) is 3.21. The van der Waals surface area contributed by atoms with E-state index in [0.717, 1.165) is 18.4 Å². The molecule has 1 aromatic heterocycles. The molecule has 0 saturated heterocycles. The Labute approximate surface area is 135 Å². The molecule has 1 heterocycles. The molecule has 1 atom stereocenters. The number of rotatable bonds is 8. The molecule has 0 aliphatic carbocycles. The summed E-state index contributed by atoms with van der Waals surface area (Å²) in [4.78, 5) is 13.0. The number of aliphatic hydroxyl groups is 1. The van der Waals surface area contributed by atoms with Gasteiger partial charge in [0.2, 0.25) is 0 Å². The van der Waals surface area contributed by atoms with Crippen LogP contribution in [0.4, 0.5) is 4.79 Å². The van der Waals surface area contributed by atoms with Gasteiger partial charge >= 0.3 is 6.03 Å². The van der Waals surface area contributed by atoms with E-state index >= 15 is 0 Å². The molecule has 1 aromatic carbocycles. The SMILES string of the molecule is O=C(NCC[C@@H](CCO)c1cccs1)NCc1ccccc1. The van der Waals surface area contributed by atoms with Gasteiger partial charge in [0.1, 0.15) is 0 Å². The molecule has 0 bridgehead atoms. The lowest BCUT2D eigenvalue weighted by Crippen LogP contribution is -2.36. The zero-order chi connectivity index (χ0) is 15.6. The minimum Gasteiger partial charge on any atom is -0.396 e. The Morgan fingerprint density at radius 3 is 2.59 bits per heavy atom. The van der Waals surface area contributed by atoms with E-state index < -0.39 is 0 Å². The van der Waals surface area contributed by atoms with Crippen LogP contribution < -0.4 is 10.6 Å². The highest BCUT2D eigenvalue weighted by Gasteiger charge is 2.12. The smallest absolute Gasteiger partial charge is 0.315 e. The molecule has 0 aliphatic rings. The molecule has 0 radical (unpaired) electrons. The Hall–Kier alpha value is -1.85. The van der Waals surface area contributed by atoms with Crippen LogP contribution in [0.2, 0.25) is 0 Å². The van der Waals surface area contributed by atoms with Gasteiger partial charge < -0.3 is 15.7 Å². The number of carbonyl (C=O) groups excluding carboxylic acids is 1. The summed E-state index contributed by atoms with van der Waals surface area (Å²) in [6.07, 6.45) is 1.56. The monoisotopic (exact) mass is 318 g/mol. The number of hydrogen-bond acceptors (Lipinski definition) is 3. The molecule has 3 N–H and O–H groups in total. The summed E-state index contributed by atoms with van der Waals surface area (Å²) in [6, 6.07) is 13.8. The van der Waals surface area contributed by atoms with E-state index in [1.807, 2.05) is 41.8 Å². The summed E-state index contributed by atoms with van der Waals surface area (Å²) in [6.45, 7) is 1.30. The van der Waals surface area contributed by atoms with Gasteiger partial charge in [0.15, 0.2) is 0 Å². The van der Waals surface area contributed by atoms with Crippen LogP contribution in [-0.4, -0.2) is 24.3 Å². The molecule has 0 unspecified atom stereocenters. The molecule has 2 rings (SSSR count). The molecule has 5 heteroatoms. The predicted octanol–water partition coefficient (Wildman–Crippen LogP) is 3.10. The Bertz CT molecular complexity index is 543. The van der Waals surface area contributed by atoms with Crippen molar-refractivity contribution in [2.45, 2.75) is 25.3 Å². The van der Waals surface area contributed by atoms with Gasteiger partial charge in [0.25, 0.3) is 0 Å². The second kappa shape index (κ2) is 9.23. The van der Waals surface area contributed by atoms with Gasteiger partial charge in [-0.15, -0.1) is 11.3 Å². The van der Waals surface area contributed by atoms with Crippen LogP contribution in [0.5, 0.6) is 0 Å². The van der Waals surface area contributed by atoms with Crippen molar-refractivity contribution in [1.29, 1.82) is 0 Å². The van der Waals surface area contributed by atoms with Crippen LogP contribution in [0.1, 0.15) is 29.2 Å². The minimum atomic E-state index is -0.155. The first-order valence-electron chi connectivity index (χ1n) is 7.49. The van der Waals surface area contributed by atoms with E-state index in [1.165, 1.54) is 4.88 Å². The third-order valence-corrected chi connectivity index (χ3v) is 4.53. The van der Waals surface area contributed by atoms with Gasteiger partial charge in [-0.3, -0.25) is 0 Å². The largest absolute Gasteiger partial charge is 0.396 e. The molecule has 118 valence electrons. The van der Waals surface area contributed by atoms with E-state index in [4.69, 9.17) is 5.11 Å². The number of nitrogens with one attached hydrogen (secondary N) is 2. The summed E-state index contributed by atoms with van der Waals surface area (Å²) in [7, 11) is 0. The van der Waals surface area contributed by atoms with E-state index in [0.29, 0.717) is 19.0 Å². The van der Waals surface area contributed by atoms with Crippen molar-refractivity contribution >= 4 is 17.4 Å². The number of urea groups is 1. The van der Waals surface area contributed by atoms with Crippen molar-refractivity contribution in [2.75, 3.05) is 13.2 Å². The number of thiophene rings is 1. The fourth-order valence-electron chi connectivity index (χ4n) is 2.31. The summed E-state index contributed by atoms with van der Waals surface area (Å²) in [5.74, 6) is 0.305. The lowest BCUT2D eigenvalue weighted by molar-refractivity contribution is 0.239. The highest BCUT2D eigenvalue weighted by atomic mass is 32.1. The molecule has 0 fully saturated rings. The number of aliphatic hydroxyl groups excluding tert-OH is 1. The average Bonchev–Trinajstić information content (AvgIpc) is 3.07. The van der Waals surface area contributed by atoms with Gasteiger partial charge in [0.05, 0.1) is 0 Å². The Balaban J connectivity index is 1.69. The fraction of sp³-hybridized carbons (Fsp3) is 0.353. The maximum atomic E-state index is 11.8. The van der Waals surface area contributed by atoms with Crippen molar-refractivity contribution in [3.8, 4) is 0 Å². The third kappa shape index (κ3) is 5.50. The van der Waals surface area contributed by atoms with Gasteiger partial charge in [0, 0.05) is 24.6 Å². The van der Waals surface area contributed by atoms with Crippen molar-refractivity contribution in [2.24, 2.45) is 0 Å². The molecular formula is C17H22N2O2S. The number of carbonyl (C=O) groups is 1. The maximum absolute atomic E-state index is 11.8. The van der Waals surface area contributed by atoms with E-state index in [9.17, 15) is 4.79 Å². The number of benzene rings is 1. The summed E-state index contributed by atoms with van der Waals surface area (Å²) in [5, 5.41) is 16.9. The van der Waals surface area contributed by atoms with E-state index in [1.54, 1.807) is 11.3 Å². The Morgan fingerprint density at radius 1 is 1.09 bits per heavy atom. The zero-order valence-electron chi connectivity index (χ0n) is 12.5. The van der Waals surface area contributed by atoms with Gasteiger partial charge in [-0.2, -0.15) is 0 Å². The molecule has 2 aromatic rings. The highest BCUT2D eigenvalue weighted by Crippen LogP contribution is 2.26. The predicted molar refractivity (Wildman–Crippen MR) is 90.1 cm³/mol. The maximum Gasteiger partial charge on any atom is 0.315 e. The Kier molecular flexibility index (Phi) is 6.93. The molecular weight excluding hydrogens is 296 g/mol. The molecule has 0 spiro atoms. The lowest BCUT2D eigenvalue weighted by atomic mass is 10.00. The zero-order valence-corrected chi connectivity index (χ0v) is 13.3. The van der Waals surface area contributed by atoms with Crippen molar-refractivity contribution < 1.29 is 9.90 Å². The topological polar surface area (TPSA) is 61.4 Å². The van der Waals surface area contributed by atoms with Crippen LogP contribution in [0.25, 0.3) is 0 Å². The Morgan fingerprint density at radius 2 is 1.91 bits per heavy atom. The summed E-state index contributed by atoms with van der Waals surface area (Å²) >= 11 is 1.70. The lowest BCUT2D eigenvalue weighted by Gasteiger charge is -2.15. The number of hydrogen-bond donors (Lipinski definition) is 3. The van der Waals surface area contributed by atoms with Crippen molar-refractivity contribution in [1.82, 2.24) is 10.6 Å². The first kappa shape index (κ1) is 16.5. The average molecular weight is 318 g/mol. The molecule has 4 nitrogen and oxygen atoms in total. The second-order valence-corrected chi connectivity index (χ2v) is 6.09. The number of amides is 2. The van der Waals surface area contributed by atoms with Gasteiger partial charge in [-0.1, -0.05) is 36.4 Å². The van der Waals surface area contributed by atoms with Crippen LogP contribution in [0.3, 0.4) is 0 Å². The van der Waals surface area contributed by atoms with Crippen LogP contribution in [-0.2, 0) is 6.54 Å². The first-order chi connectivity index (χ1) is 10.8. The summed E-state index contributed by atoms with van der Waals surface area (Å²) in [5.41, 5.74) is 1.08. The van der Waals surface area contributed by atoms with Crippen LogP contribution in [0, 0.1) is 0 Å². The van der Waals surface area contributed by atoms with E-state index in [-0.39, 0.29) is 12.6 Å². The van der Waals surface area contributed by atoms with Crippen LogP contribution in [0.15, 0.2) is 47.8 Å². The third-order valence-electron chi connectivity index (χ3n) is 3.50. The highest BCUT2D eigenvalue weighted by molar-refractivity contribution is 7.10. The van der Waals surface area contributed by atoms with Crippen LogP contribution >= 0.6 is 11.3 Å². The first-order valence-corrected chi connectivity index (χ1v) is 8.37. The normalized spacial score (nSPS) is 11.9. The molecule has 0 aliphatic heterocycles. The minimum absolute atomic E-state index is 0.155. The van der Waals surface area contributed by atoms with Crippen molar-refractivity contribution in [3.63, 3.8) is 0 Å². The van der Waals surface area contributed by atoms with E-state index in [2.05, 4.69) is 16.7 Å². The standard InChI is InChI=1S/C17H22N2O2S/c20-11-9-15(16-7-4-12-22-16)8-10-18-17(21)19-13-14-5-2-1-3-6-14/h1-7,12,15,20H,8-11,13H2,(H2,18,19,21)/t15-/m0/s1. The van der Waals surface area contributed by atoms with Crippen molar-refractivity contribution in [3.05, 3.63) is 58.3 Å².